The fourth-order valence-corrected chi connectivity index (χ4v) is 2.59. The van der Waals surface area contributed by atoms with E-state index in [0.717, 1.165) is 0 Å². The number of nitrogens with one attached hydrogen (secondary N) is 2. The number of amides is 2. The molecular weight excluding hydrogens is 435 g/mol. The van der Waals surface area contributed by atoms with Crippen molar-refractivity contribution in [2.75, 3.05) is 29.1 Å². The standard InChI is InChI=1S/C14H15N5O2.C6H8NO3P/c15-10-6-7-11(19-13(10)16)18-12(20)8-17-14(21)9-4-2-1-3-5-9;7-5-3-1-2-4-6(5)10-11(8)9/h1-7H,8,15H2,(H,17,21)(H3,16,18,19,20);1-4,8-9H,7H2. The highest BCUT2D eigenvalue weighted by Gasteiger charge is 2.09. The summed E-state index contributed by atoms with van der Waals surface area (Å²) in [5.41, 5.74) is 17.7. The van der Waals surface area contributed by atoms with E-state index in [0.29, 0.717) is 22.7 Å². The fourth-order valence-electron chi connectivity index (χ4n) is 2.25. The predicted octanol–water partition coefficient (Wildman–Crippen LogP) is 1.47. The van der Waals surface area contributed by atoms with Crippen LogP contribution < -0.4 is 32.4 Å². The van der Waals surface area contributed by atoms with Crippen LogP contribution in [0.3, 0.4) is 0 Å². The highest BCUT2D eigenvalue weighted by molar-refractivity contribution is 7.39. The Morgan fingerprint density at radius 1 is 0.906 bits per heavy atom. The van der Waals surface area contributed by atoms with E-state index >= 15 is 0 Å². The third-order valence-electron chi connectivity index (χ3n) is 3.77. The van der Waals surface area contributed by atoms with E-state index in [1.54, 1.807) is 60.7 Å². The number of para-hydroxylation sites is 2. The molecule has 3 aromatic rings. The summed E-state index contributed by atoms with van der Waals surface area (Å²) >= 11 is 0. The summed E-state index contributed by atoms with van der Waals surface area (Å²) in [6.45, 7) is -0.167. The Kier molecular flexibility index (Phi) is 9.18. The number of pyridine rings is 1. The molecule has 0 bridgehead atoms. The Morgan fingerprint density at radius 2 is 1.56 bits per heavy atom. The van der Waals surface area contributed by atoms with Gasteiger partial charge in [0.25, 0.3) is 5.91 Å². The number of anilines is 4. The fraction of sp³-hybridized carbons (Fsp3) is 0.0500. The van der Waals surface area contributed by atoms with Gasteiger partial charge in [-0.3, -0.25) is 9.59 Å². The molecule has 168 valence electrons. The molecule has 0 aliphatic rings. The number of nitrogens with two attached hydrogens (primary N) is 3. The van der Waals surface area contributed by atoms with Crippen LogP contribution in [0.4, 0.5) is 23.0 Å². The number of hydrogen-bond acceptors (Lipinski definition) is 9. The van der Waals surface area contributed by atoms with Gasteiger partial charge in [0, 0.05) is 5.56 Å². The van der Waals surface area contributed by atoms with Gasteiger partial charge in [0.2, 0.25) is 5.91 Å². The molecule has 0 unspecified atom stereocenters. The number of hydrogen-bond donors (Lipinski definition) is 7. The second-order valence-corrected chi connectivity index (χ2v) is 6.84. The summed E-state index contributed by atoms with van der Waals surface area (Å²) in [7, 11) is -2.37. The van der Waals surface area contributed by atoms with Crippen LogP contribution in [0, 0.1) is 0 Å². The minimum atomic E-state index is -2.37. The number of aromatic nitrogens is 1. The topological polar surface area (TPSA) is 199 Å². The van der Waals surface area contributed by atoms with Crippen LogP contribution in [-0.2, 0) is 4.79 Å². The number of carbonyl (C=O) groups excluding carboxylic acids is 2. The molecule has 0 spiro atoms. The predicted molar refractivity (Wildman–Crippen MR) is 123 cm³/mol. The Hall–Kier alpha value is -3.92. The molecule has 0 atom stereocenters. The molecule has 0 aliphatic carbocycles. The van der Waals surface area contributed by atoms with Crippen LogP contribution in [0.2, 0.25) is 0 Å². The molecule has 3 rings (SSSR count). The van der Waals surface area contributed by atoms with Gasteiger partial charge in [0.1, 0.15) is 11.6 Å². The van der Waals surface area contributed by atoms with Gasteiger partial charge in [0.05, 0.1) is 17.9 Å². The number of carbonyl (C=O) groups is 2. The van der Waals surface area contributed by atoms with E-state index in [1.807, 2.05) is 0 Å². The maximum Gasteiger partial charge on any atom is 0.391 e. The first-order valence-electron chi connectivity index (χ1n) is 9.11. The normalized spacial score (nSPS) is 9.97. The maximum absolute atomic E-state index is 11.8. The smallest absolute Gasteiger partial charge is 0.391 e. The van der Waals surface area contributed by atoms with Gasteiger partial charge in [-0.1, -0.05) is 30.3 Å². The molecule has 12 heteroatoms. The molecule has 1 heterocycles. The van der Waals surface area contributed by atoms with Crippen molar-refractivity contribution in [1.82, 2.24) is 10.3 Å². The Bertz CT molecular complexity index is 1050. The lowest BCUT2D eigenvalue weighted by molar-refractivity contribution is -0.115. The summed E-state index contributed by atoms with van der Waals surface area (Å²) in [5.74, 6) is -0.0168. The molecule has 0 saturated carbocycles. The summed E-state index contributed by atoms with van der Waals surface area (Å²) in [6, 6.07) is 18.3. The minimum Gasteiger partial charge on any atom is -0.425 e. The Labute approximate surface area is 185 Å². The van der Waals surface area contributed by atoms with E-state index < -0.39 is 14.5 Å². The van der Waals surface area contributed by atoms with Crippen molar-refractivity contribution in [3.63, 3.8) is 0 Å². The Balaban J connectivity index is 0.000000278. The summed E-state index contributed by atoms with van der Waals surface area (Å²) in [6.07, 6.45) is 0. The zero-order valence-corrected chi connectivity index (χ0v) is 17.7. The van der Waals surface area contributed by atoms with Gasteiger partial charge in [-0.15, -0.1) is 0 Å². The van der Waals surface area contributed by atoms with Gasteiger partial charge < -0.3 is 42.1 Å². The molecule has 0 radical (unpaired) electrons. The molecule has 0 saturated heterocycles. The first-order valence-corrected chi connectivity index (χ1v) is 10.3. The van der Waals surface area contributed by atoms with Gasteiger partial charge in [0.15, 0.2) is 5.75 Å². The van der Waals surface area contributed by atoms with Crippen LogP contribution in [0.25, 0.3) is 0 Å². The van der Waals surface area contributed by atoms with E-state index in [4.69, 9.17) is 27.0 Å². The van der Waals surface area contributed by atoms with Crippen molar-refractivity contribution in [2.24, 2.45) is 0 Å². The van der Waals surface area contributed by atoms with Crippen LogP contribution in [-0.4, -0.2) is 33.1 Å². The van der Waals surface area contributed by atoms with Gasteiger partial charge >= 0.3 is 8.60 Å². The van der Waals surface area contributed by atoms with Crippen molar-refractivity contribution < 1.29 is 23.9 Å². The number of benzene rings is 2. The first-order chi connectivity index (χ1) is 15.3. The van der Waals surface area contributed by atoms with Crippen LogP contribution >= 0.6 is 8.60 Å². The average Bonchev–Trinajstić information content (AvgIpc) is 2.77. The molecule has 11 nitrogen and oxygen atoms in total. The van der Waals surface area contributed by atoms with Crippen LogP contribution in [0.1, 0.15) is 10.4 Å². The van der Waals surface area contributed by atoms with E-state index in [1.165, 1.54) is 6.07 Å². The van der Waals surface area contributed by atoms with Crippen molar-refractivity contribution in [3.05, 3.63) is 72.3 Å². The summed E-state index contributed by atoms with van der Waals surface area (Å²) in [5, 5.41) is 5.03. The number of nitrogen functional groups attached to an aromatic ring is 3. The van der Waals surface area contributed by atoms with Crippen molar-refractivity contribution in [2.45, 2.75) is 0 Å². The molecule has 1 aromatic heterocycles. The molecule has 10 N–H and O–H groups in total. The lowest BCUT2D eigenvalue weighted by Gasteiger charge is -2.07. The molecular formula is C20H23N6O5P. The van der Waals surface area contributed by atoms with Crippen LogP contribution in [0.15, 0.2) is 66.7 Å². The third kappa shape index (κ3) is 8.07. The zero-order valence-electron chi connectivity index (χ0n) is 16.8. The van der Waals surface area contributed by atoms with E-state index in [9.17, 15) is 9.59 Å². The van der Waals surface area contributed by atoms with Crippen LogP contribution in [0.5, 0.6) is 5.75 Å². The van der Waals surface area contributed by atoms with Crippen molar-refractivity contribution in [3.8, 4) is 5.75 Å². The Morgan fingerprint density at radius 3 is 2.19 bits per heavy atom. The summed E-state index contributed by atoms with van der Waals surface area (Å²) in [4.78, 5) is 44.3. The second-order valence-electron chi connectivity index (χ2n) is 6.15. The average molecular weight is 458 g/mol. The van der Waals surface area contributed by atoms with E-state index in [2.05, 4.69) is 20.1 Å². The second kappa shape index (κ2) is 12.1. The zero-order chi connectivity index (χ0) is 23.5. The lowest BCUT2D eigenvalue weighted by atomic mass is 10.2. The highest BCUT2D eigenvalue weighted by atomic mass is 31.2. The molecule has 2 amide bonds. The third-order valence-corrected chi connectivity index (χ3v) is 4.13. The van der Waals surface area contributed by atoms with Gasteiger partial charge in [-0.05, 0) is 36.4 Å². The monoisotopic (exact) mass is 458 g/mol. The quantitative estimate of drug-likeness (QED) is 0.211. The molecule has 0 aliphatic heterocycles. The number of nitrogens with zero attached hydrogens (tertiary/aromatic N) is 1. The van der Waals surface area contributed by atoms with Gasteiger partial charge in [-0.25, -0.2) is 4.98 Å². The summed E-state index contributed by atoms with van der Waals surface area (Å²) < 4.78 is 4.60. The molecule has 0 fully saturated rings. The van der Waals surface area contributed by atoms with Crippen molar-refractivity contribution in [1.29, 1.82) is 0 Å². The maximum atomic E-state index is 11.8. The largest absolute Gasteiger partial charge is 0.425 e. The van der Waals surface area contributed by atoms with Gasteiger partial charge in [-0.2, -0.15) is 0 Å². The molecule has 2 aromatic carbocycles. The first kappa shape index (κ1) is 24.4. The SMILES string of the molecule is Nc1ccc(NC(=O)CNC(=O)c2ccccc2)nc1N.Nc1ccccc1OP(O)O. The number of rotatable bonds is 6. The highest BCUT2D eigenvalue weighted by Crippen LogP contribution is 2.32. The van der Waals surface area contributed by atoms with E-state index in [-0.39, 0.29) is 24.1 Å². The lowest BCUT2D eigenvalue weighted by Crippen LogP contribution is -2.33. The minimum absolute atomic E-state index is 0.140. The van der Waals surface area contributed by atoms with Crippen molar-refractivity contribution >= 4 is 43.4 Å². The molecule has 32 heavy (non-hydrogen) atoms.